The highest BCUT2D eigenvalue weighted by Crippen LogP contribution is 2.18. The first-order valence-electron chi connectivity index (χ1n) is 5.60. The van der Waals surface area contributed by atoms with Gasteiger partial charge in [0.15, 0.2) is 0 Å². The van der Waals surface area contributed by atoms with Gasteiger partial charge >= 0.3 is 0 Å². The Balaban J connectivity index is 3.09. The van der Waals surface area contributed by atoms with Gasteiger partial charge in [0.2, 0.25) is 0 Å². The van der Waals surface area contributed by atoms with Crippen LogP contribution >= 0.6 is 0 Å². The molecule has 1 atom stereocenters. The minimum absolute atomic E-state index is 0.0767. The maximum Gasteiger partial charge on any atom is 0.270 e. The SMILES string of the molecule is Cc1cc(C(=O)N(C)C(C)CN)cc([N+](=O)[O-])c1. The van der Waals surface area contributed by atoms with Crippen molar-refractivity contribution >= 4 is 11.6 Å². The number of aryl methyl sites for hydroxylation is 1. The largest absolute Gasteiger partial charge is 0.338 e. The van der Waals surface area contributed by atoms with Crippen molar-refractivity contribution in [2.24, 2.45) is 5.73 Å². The van der Waals surface area contributed by atoms with Crippen LogP contribution in [0.3, 0.4) is 0 Å². The number of carbonyl (C=O) groups excluding carboxylic acids is 1. The van der Waals surface area contributed by atoms with Crippen LogP contribution in [0.15, 0.2) is 18.2 Å². The summed E-state index contributed by atoms with van der Waals surface area (Å²) in [5, 5.41) is 10.7. The van der Waals surface area contributed by atoms with E-state index in [1.54, 1.807) is 20.0 Å². The van der Waals surface area contributed by atoms with E-state index in [0.717, 1.165) is 0 Å². The number of likely N-dealkylation sites (N-methyl/N-ethyl adjacent to an activating group) is 1. The average molecular weight is 251 g/mol. The Morgan fingerprint density at radius 3 is 2.61 bits per heavy atom. The molecule has 1 aromatic carbocycles. The van der Waals surface area contributed by atoms with Crippen molar-refractivity contribution in [2.75, 3.05) is 13.6 Å². The second-order valence-electron chi connectivity index (χ2n) is 4.32. The normalized spacial score (nSPS) is 12.0. The van der Waals surface area contributed by atoms with Crippen LogP contribution in [0.2, 0.25) is 0 Å². The highest BCUT2D eigenvalue weighted by atomic mass is 16.6. The summed E-state index contributed by atoms with van der Waals surface area (Å²) in [6.07, 6.45) is 0. The number of amides is 1. The van der Waals surface area contributed by atoms with Gasteiger partial charge in [-0.1, -0.05) is 0 Å². The van der Waals surface area contributed by atoms with Crippen LogP contribution in [0.5, 0.6) is 0 Å². The molecule has 0 spiro atoms. The molecule has 0 aliphatic heterocycles. The van der Waals surface area contributed by atoms with Gasteiger partial charge in [0.05, 0.1) is 4.92 Å². The fourth-order valence-corrected chi connectivity index (χ4v) is 1.55. The molecule has 1 unspecified atom stereocenters. The number of benzene rings is 1. The molecule has 0 heterocycles. The maximum absolute atomic E-state index is 12.1. The van der Waals surface area contributed by atoms with Crippen molar-refractivity contribution in [2.45, 2.75) is 19.9 Å². The molecular formula is C12H17N3O3. The zero-order valence-electron chi connectivity index (χ0n) is 10.7. The number of rotatable bonds is 4. The van der Waals surface area contributed by atoms with Gasteiger partial charge < -0.3 is 10.6 Å². The van der Waals surface area contributed by atoms with Crippen molar-refractivity contribution in [1.82, 2.24) is 4.90 Å². The fraction of sp³-hybridized carbons (Fsp3) is 0.417. The quantitative estimate of drug-likeness (QED) is 0.645. The molecule has 6 nitrogen and oxygen atoms in total. The number of nitrogens with zero attached hydrogens (tertiary/aromatic N) is 2. The van der Waals surface area contributed by atoms with Gasteiger partial charge in [-0.2, -0.15) is 0 Å². The highest BCUT2D eigenvalue weighted by Gasteiger charge is 2.19. The molecule has 0 saturated carbocycles. The average Bonchev–Trinajstić information content (AvgIpc) is 2.35. The molecule has 0 fully saturated rings. The van der Waals surface area contributed by atoms with E-state index in [1.807, 2.05) is 6.92 Å². The summed E-state index contributed by atoms with van der Waals surface area (Å²) in [4.78, 5) is 23.8. The van der Waals surface area contributed by atoms with Crippen LogP contribution in [0.4, 0.5) is 5.69 Å². The van der Waals surface area contributed by atoms with E-state index in [2.05, 4.69) is 0 Å². The lowest BCUT2D eigenvalue weighted by molar-refractivity contribution is -0.384. The number of non-ortho nitro benzene ring substituents is 1. The molecule has 0 radical (unpaired) electrons. The minimum atomic E-state index is -0.504. The summed E-state index contributed by atoms with van der Waals surface area (Å²) < 4.78 is 0. The number of hydrogen-bond acceptors (Lipinski definition) is 4. The Labute approximate surface area is 106 Å². The standard InChI is InChI=1S/C12H17N3O3/c1-8-4-10(6-11(5-8)15(17)18)12(16)14(3)9(2)7-13/h4-6,9H,7,13H2,1-3H3. The third-order valence-electron chi connectivity index (χ3n) is 2.84. The summed E-state index contributed by atoms with van der Waals surface area (Å²) in [7, 11) is 1.63. The molecule has 98 valence electrons. The van der Waals surface area contributed by atoms with Crippen LogP contribution < -0.4 is 5.73 Å². The zero-order chi connectivity index (χ0) is 13.9. The molecule has 1 amide bonds. The Morgan fingerprint density at radius 2 is 2.11 bits per heavy atom. The third kappa shape index (κ3) is 3.04. The van der Waals surface area contributed by atoms with Gasteiger partial charge in [0, 0.05) is 37.3 Å². The van der Waals surface area contributed by atoms with Crippen LogP contribution in [-0.2, 0) is 0 Å². The summed E-state index contributed by atoms with van der Waals surface area (Å²) >= 11 is 0. The van der Waals surface area contributed by atoms with E-state index in [4.69, 9.17) is 5.73 Å². The second kappa shape index (κ2) is 5.59. The van der Waals surface area contributed by atoms with E-state index in [1.165, 1.54) is 17.0 Å². The first-order chi connectivity index (χ1) is 8.36. The Hall–Kier alpha value is -1.95. The number of hydrogen-bond donors (Lipinski definition) is 1. The Kier molecular flexibility index (Phi) is 4.38. The van der Waals surface area contributed by atoms with Gasteiger partial charge in [-0.3, -0.25) is 14.9 Å². The van der Waals surface area contributed by atoms with Gasteiger partial charge in [0.1, 0.15) is 0 Å². The molecule has 1 rings (SSSR count). The van der Waals surface area contributed by atoms with Crippen molar-refractivity contribution in [3.63, 3.8) is 0 Å². The summed E-state index contributed by atoms with van der Waals surface area (Å²) in [5.74, 6) is -0.264. The molecule has 2 N–H and O–H groups in total. The second-order valence-corrected chi connectivity index (χ2v) is 4.32. The summed E-state index contributed by atoms with van der Waals surface area (Å²) in [5.41, 5.74) is 6.41. The van der Waals surface area contributed by atoms with Crippen molar-refractivity contribution in [3.8, 4) is 0 Å². The van der Waals surface area contributed by atoms with Crippen LogP contribution in [-0.4, -0.2) is 35.4 Å². The van der Waals surface area contributed by atoms with E-state index in [-0.39, 0.29) is 17.6 Å². The van der Waals surface area contributed by atoms with Crippen LogP contribution in [0.25, 0.3) is 0 Å². The monoisotopic (exact) mass is 251 g/mol. The molecule has 0 aromatic heterocycles. The molecule has 0 aliphatic rings. The number of nitrogens with two attached hydrogens (primary N) is 1. The lowest BCUT2D eigenvalue weighted by atomic mass is 10.1. The number of nitro groups is 1. The maximum atomic E-state index is 12.1. The van der Waals surface area contributed by atoms with Crippen LogP contribution in [0.1, 0.15) is 22.8 Å². The smallest absolute Gasteiger partial charge is 0.270 e. The third-order valence-corrected chi connectivity index (χ3v) is 2.84. The van der Waals surface area contributed by atoms with Crippen molar-refractivity contribution < 1.29 is 9.72 Å². The zero-order valence-corrected chi connectivity index (χ0v) is 10.7. The van der Waals surface area contributed by atoms with E-state index < -0.39 is 4.92 Å². The lowest BCUT2D eigenvalue weighted by Crippen LogP contribution is -2.39. The Morgan fingerprint density at radius 1 is 1.50 bits per heavy atom. The molecule has 1 aromatic rings. The van der Waals surface area contributed by atoms with Crippen LogP contribution in [0, 0.1) is 17.0 Å². The molecule has 0 saturated heterocycles. The van der Waals surface area contributed by atoms with Crippen molar-refractivity contribution in [3.05, 3.63) is 39.4 Å². The summed E-state index contributed by atoms with van der Waals surface area (Å²) in [6.45, 7) is 3.88. The highest BCUT2D eigenvalue weighted by molar-refractivity contribution is 5.95. The lowest BCUT2D eigenvalue weighted by Gasteiger charge is -2.23. The fourth-order valence-electron chi connectivity index (χ4n) is 1.55. The number of carbonyl (C=O) groups is 1. The van der Waals surface area contributed by atoms with Gasteiger partial charge in [0.25, 0.3) is 11.6 Å². The predicted octanol–water partition coefficient (Wildman–Crippen LogP) is 1.32. The molecule has 0 bridgehead atoms. The molecule has 0 aliphatic carbocycles. The Bertz CT molecular complexity index is 474. The molecular weight excluding hydrogens is 234 g/mol. The minimum Gasteiger partial charge on any atom is -0.338 e. The van der Waals surface area contributed by atoms with E-state index in [0.29, 0.717) is 17.7 Å². The first kappa shape index (κ1) is 14.1. The molecule has 6 heteroatoms. The van der Waals surface area contributed by atoms with Gasteiger partial charge in [-0.25, -0.2) is 0 Å². The van der Waals surface area contributed by atoms with Crippen molar-refractivity contribution in [1.29, 1.82) is 0 Å². The first-order valence-corrected chi connectivity index (χ1v) is 5.60. The molecule has 18 heavy (non-hydrogen) atoms. The van der Waals surface area contributed by atoms with Gasteiger partial charge in [-0.05, 0) is 25.5 Å². The van der Waals surface area contributed by atoms with E-state index in [9.17, 15) is 14.9 Å². The predicted molar refractivity (Wildman–Crippen MR) is 68.4 cm³/mol. The number of nitro benzene ring substituents is 1. The van der Waals surface area contributed by atoms with E-state index >= 15 is 0 Å². The topological polar surface area (TPSA) is 89.5 Å². The summed E-state index contributed by atoms with van der Waals surface area (Å²) in [6, 6.07) is 4.24. The van der Waals surface area contributed by atoms with Gasteiger partial charge in [-0.15, -0.1) is 0 Å².